The second kappa shape index (κ2) is 10.1. The fourth-order valence-corrected chi connectivity index (χ4v) is 3.86. The van der Waals surface area contributed by atoms with Gasteiger partial charge in [-0.1, -0.05) is 39.8 Å². The summed E-state index contributed by atoms with van der Waals surface area (Å²) in [6.45, 7) is 11.5. The summed E-state index contributed by atoms with van der Waals surface area (Å²) in [5.74, 6) is -0.0241. The standard InChI is InChI=1S/C25H32N4O2S/c1-5-22(30)29-16-14-28(15-17-29)21-12-10-20(11-13-21)26-24(32)27-23(31)18-6-8-19(9-7-18)25(2,3)4/h6-13H,5,14-17H2,1-4H3,(H2,26,27,31,32). The van der Waals surface area contributed by atoms with Crippen molar-refractivity contribution in [1.29, 1.82) is 0 Å². The zero-order valence-corrected chi connectivity index (χ0v) is 20.1. The number of carbonyl (C=O) groups excluding carboxylic acids is 2. The van der Waals surface area contributed by atoms with Crippen molar-refractivity contribution >= 4 is 40.5 Å². The van der Waals surface area contributed by atoms with Crippen LogP contribution in [0.15, 0.2) is 48.5 Å². The smallest absolute Gasteiger partial charge is 0.257 e. The molecule has 1 aliphatic rings. The predicted molar refractivity (Wildman–Crippen MR) is 134 cm³/mol. The van der Waals surface area contributed by atoms with Crippen LogP contribution in [0.4, 0.5) is 11.4 Å². The number of nitrogens with zero attached hydrogens (tertiary/aromatic N) is 2. The van der Waals surface area contributed by atoms with Crippen LogP contribution in [0.3, 0.4) is 0 Å². The number of rotatable bonds is 4. The number of thiocarbonyl (C=S) groups is 1. The van der Waals surface area contributed by atoms with E-state index in [9.17, 15) is 9.59 Å². The van der Waals surface area contributed by atoms with Crippen molar-refractivity contribution in [1.82, 2.24) is 10.2 Å². The van der Waals surface area contributed by atoms with E-state index in [1.165, 1.54) is 5.56 Å². The molecule has 0 bridgehead atoms. The van der Waals surface area contributed by atoms with Gasteiger partial charge >= 0.3 is 0 Å². The Morgan fingerprint density at radius 2 is 1.53 bits per heavy atom. The van der Waals surface area contributed by atoms with Crippen molar-refractivity contribution < 1.29 is 9.59 Å². The summed E-state index contributed by atoms with van der Waals surface area (Å²) in [6, 6.07) is 15.5. The first-order chi connectivity index (χ1) is 15.2. The SMILES string of the molecule is CCC(=O)N1CCN(c2ccc(NC(=S)NC(=O)c3ccc(C(C)(C)C)cc3)cc2)CC1. The van der Waals surface area contributed by atoms with E-state index < -0.39 is 0 Å². The quantitative estimate of drug-likeness (QED) is 0.682. The summed E-state index contributed by atoms with van der Waals surface area (Å²) >= 11 is 5.31. The van der Waals surface area contributed by atoms with E-state index in [1.807, 2.05) is 60.4 Å². The first-order valence-electron chi connectivity index (χ1n) is 11.0. The molecule has 2 amide bonds. The third-order valence-electron chi connectivity index (χ3n) is 5.67. The number of amides is 2. The second-order valence-electron chi connectivity index (χ2n) is 9.00. The second-order valence-corrected chi connectivity index (χ2v) is 9.41. The molecule has 1 saturated heterocycles. The summed E-state index contributed by atoms with van der Waals surface area (Å²) in [4.78, 5) is 28.5. The van der Waals surface area contributed by atoms with Crippen molar-refractivity contribution in [2.45, 2.75) is 39.5 Å². The van der Waals surface area contributed by atoms with E-state index in [2.05, 4.69) is 36.3 Å². The molecule has 6 nitrogen and oxygen atoms in total. The van der Waals surface area contributed by atoms with Gasteiger partial charge in [0.2, 0.25) is 5.91 Å². The molecule has 1 aliphatic heterocycles. The molecular weight excluding hydrogens is 420 g/mol. The molecule has 2 N–H and O–H groups in total. The molecule has 0 aromatic heterocycles. The molecule has 0 radical (unpaired) electrons. The highest BCUT2D eigenvalue weighted by molar-refractivity contribution is 7.80. The lowest BCUT2D eigenvalue weighted by molar-refractivity contribution is -0.131. The minimum Gasteiger partial charge on any atom is -0.368 e. The zero-order valence-electron chi connectivity index (χ0n) is 19.3. The van der Waals surface area contributed by atoms with Crippen molar-refractivity contribution in [3.63, 3.8) is 0 Å². The highest BCUT2D eigenvalue weighted by Gasteiger charge is 2.20. The van der Waals surface area contributed by atoms with Gasteiger partial charge in [-0.05, 0) is 59.6 Å². The number of hydrogen-bond donors (Lipinski definition) is 2. The van der Waals surface area contributed by atoms with E-state index in [1.54, 1.807) is 0 Å². The van der Waals surface area contributed by atoms with E-state index >= 15 is 0 Å². The van der Waals surface area contributed by atoms with Gasteiger partial charge in [-0.3, -0.25) is 14.9 Å². The van der Waals surface area contributed by atoms with Crippen LogP contribution < -0.4 is 15.5 Å². The number of nitrogens with one attached hydrogen (secondary N) is 2. The molecule has 3 rings (SSSR count). The predicted octanol–water partition coefficient (Wildman–Crippen LogP) is 4.17. The molecule has 170 valence electrons. The number of anilines is 2. The number of hydrogen-bond acceptors (Lipinski definition) is 4. The van der Waals surface area contributed by atoms with Crippen LogP contribution in [-0.4, -0.2) is 48.0 Å². The molecular formula is C25H32N4O2S. The van der Waals surface area contributed by atoms with Gasteiger partial charge in [-0.25, -0.2) is 0 Å². The molecule has 0 unspecified atom stereocenters. The molecule has 32 heavy (non-hydrogen) atoms. The Morgan fingerprint density at radius 1 is 0.938 bits per heavy atom. The Hall–Kier alpha value is -2.93. The maximum atomic E-state index is 12.5. The van der Waals surface area contributed by atoms with Gasteiger partial charge in [0.25, 0.3) is 5.91 Å². The Labute approximate surface area is 196 Å². The number of benzene rings is 2. The topological polar surface area (TPSA) is 64.7 Å². The molecule has 2 aromatic rings. The highest BCUT2D eigenvalue weighted by atomic mass is 32.1. The van der Waals surface area contributed by atoms with Crippen molar-refractivity contribution in [2.24, 2.45) is 0 Å². The van der Waals surface area contributed by atoms with Crippen LogP contribution in [0.25, 0.3) is 0 Å². The van der Waals surface area contributed by atoms with Crippen molar-refractivity contribution in [3.05, 3.63) is 59.7 Å². The van der Waals surface area contributed by atoms with Crippen molar-refractivity contribution in [3.8, 4) is 0 Å². The third-order valence-corrected chi connectivity index (χ3v) is 5.87. The fourth-order valence-electron chi connectivity index (χ4n) is 3.65. The van der Waals surface area contributed by atoms with Gasteiger partial charge in [0.1, 0.15) is 0 Å². The maximum absolute atomic E-state index is 12.5. The molecule has 1 heterocycles. The third kappa shape index (κ3) is 6.07. The van der Waals surface area contributed by atoms with E-state index in [0.29, 0.717) is 12.0 Å². The summed E-state index contributed by atoms with van der Waals surface area (Å²) in [5, 5.41) is 6.06. The van der Waals surface area contributed by atoms with Crippen LogP contribution in [0.2, 0.25) is 0 Å². The fraction of sp³-hybridized carbons (Fsp3) is 0.400. The first kappa shape index (κ1) is 23.7. The van der Waals surface area contributed by atoms with E-state index in [-0.39, 0.29) is 22.3 Å². The summed E-state index contributed by atoms with van der Waals surface area (Å²) in [5.41, 5.74) is 3.69. The summed E-state index contributed by atoms with van der Waals surface area (Å²) < 4.78 is 0. The van der Waals surface area contributed by atoms with E-state index in [4.69, 9.17) is 12.2 Å². The Bertz CT molecular complexity index is 957. The molecule has 0 aliphatic carbocycles. The average Bonchev–Trinajstić information content (AvgIpc) is 2.78. The average molecular weight is 453 g/mol. The normalized spacial score (nSPS) is 14.1. The minimum absolute atomic E-state index is 0.0402. The van der Waals surface area contributed by atoms with Crippen LogP contribution in [0, 0.1) is 0 Å². The van der Waals surface area contributed by atoms with Gasteiger partial charge in [-0.15, -0.1) is 0 Å². The monoisotopic (exact) mass is 452 g/mol. The molecule has 0 spiro atoms. The Morgan fingerprint density at radius 3 is 2.06 bits per heavy atom. The molecule has 0 saturated carbocycles. The van der Waals surface area contributed by atoms with Crippen LogP contribution in [-0.2, 0) is 10.2 Å². The zero-order chi connectivity index (χ0) is 23.3. The van der Waals surface area contributed by atoms with Gasteiger partial charge < -0.3 is 15.1 Å². The lowest BCUT2D eigenvalue weighted by atomic mass is 9.87. The van der Waals surface area contributed by atoms with Gasteiger partial charge in [-0.2, -0.15) is 0 Å². The highest BCUT2D eigenvalue weighted by Crippen LogP contribution is 2.22. The molecule has 1 fully saturated rings. The van der Waals surface area contributed by atoms with E-state index in [0.717, 1.165) is 37.6 Å². The summed E-state index contributed by atoms with van der Waals surface area (Å²) in [6.07, 6.45) is 0.555. The Kier molecular flexibility index (Phi) is 7.51. The minimum atomic E-state index is -0.237. The van der Waals surface area contributed by atoms with Crippen LogP contribution in [0.1, 0.15) is 50.0 Å². The van der Waals surface area contributed by atoms with Crippen LogP contribution >= 0.6 is 12.2 Å². The first-order valence-corrected chi connectivity index (χ1v) is 11.4. The summed E-state index contributed by atoms with van der Waals surface area (Å²) in [7, 11) is 0. The van der Waals surface area contributed by atoms with Gasteiger partial charge in [0, 0.05) is 49.5 Å². The van der Waals surface area contributed by atoms with Gasteiger partial charge in [0.15, 0.2) is 5.11 Å². The van der Waals surface area contributed by atoms with Crippen molar-refractivity contribution in [2.75, 3.05) is 36.4 Å². The maximum Gasteiger partial charge on any atom is 0.257 e. The molecule has 0 atom stereocenters. The number of piperazine rings is 1. The lowest BCUT2D eigenvalue weighted by Crippen LogP contribution is -2.48. The molecule has 2 aromatic carbocycles. The molecule has 7 heteroatoms. The van der Waals surface area contributed by atoms with Crippen LogP contribution in [0.5, 0.6) is 0 Å². The lowest BCUT2D eigenvalue weighted by Gasteiger charge is -2.36. The Balaban J connectivity index is 1.51. The number of carbonyl (C=O) groups is 2. The largest absolute Gasteiger partial charge is 0.368 e. The van der Waals surface area contributed by atoms with Gasteiger partial charge in [0.05, 0.1) is 0 Å².